The summed E-state index contributed by atoms with van der Waals surface area (Å²) in [7, 11) is 0. The van der Waals surface area contributed by atoms with Gasteiger partial charge in [-0.15, -0.1) is 10.2 Å². The van der Waals surface area contributed by atoms with Gasteiger partial charge in [0.2, 0.25) is 5.82 Å². The van der Waals surface area contributed by atoms with Crippen LogP contribution in [0, 0.1) is 5.82 Å². The lowest BCUT2D eigenvalue weighted by Gasteiger charge is -2.06. The van der Waals surface area contributed by atoms with E-state index in [-0.39, 0.29) is 5.82 Å². The first-order chi connectivity index (χ1) is 10.7. The first-order valence-electron chi connectivity index (χ1n) is 6.63. The van der Waals surface area contributed by atoms with Crippen molar-refractivity contribution < 1.29 is 9.13 Å². The number of hydrogen-bond donors (Lipinski definition) is 0. The Labute approximate surface area is 131 Å². The lowest BCUT2D eigenvalue weighted by Crippen LogP contribution is -2.11. The van der Waals surface area contributed by atoms with Gasteiger partial charge in [0.1, 0.15) is 18.2 Å². The molecule has 0 aliphatic rings. The largest absolute Gasteiger partial charge is 0.490 e. The van der Waals surface area contributed by atoms with Crippen molar-refractivity contribution in [1.29, 1.82) is 0 Å². The summed E-state index contributed by atoms with van der Waals surface area (Å²) >= 11 is 5.99. The van der Waals surface area contributed by atoms with E-state index in [4.69, 9.17) is 16.3 Å². The van der Waals surface area contributed by atoms with Crippen LogP contribution in [0.3, 0.4) is 0 Å². The molecule has 5 nitrogen and oxygen atoms in total. The molecule has 0 radical (unpaired) electrons. The molecule has 3 rings (SSSR count). The van der Waals surface area contributed by atoms with E-state index in [1.54, 1.807) is 24.3 Å². The summed E-state index contributed by atoms with van der Waals surface area (Å²) in [5.41, 5.74) is 0.582. The van der Waals surface area contributed by atoms with Crippen LogP contribution in [0.1, 0.15) is 0 Å². The fourth-order valence-corrected chi connectivity index (χ4v) is 2.07. The Morgan fingerprint density at radius 3 is 2.82 bits per heavy atom. The Morgan fingerprint density at radius 2 is 2.00 bits per heavy atom. The molecule has 0 aliphatic heterocycles. The van der Waals surface area contributed by atoms with E-state index < -0.39 is 0 Å². The SMILES string of the molecule is Fc1cccc(-c2nnn(CCOc3ccccc3Cl)n2)c1. The van der Waals surface area contributed by atoms with Crippen LogP contribution in [0.4, 0.5) is 4.39 Å². The molecule has 1 aromatic heterocycles. The third kappa shape index (κ3) is 3.40. The molecule has 2 aromatic carbocycles. The smallest absolute Gasteiger partial charge is 0.205 e. The minimum atomic E-state index is -0.337. The lowest BCUT2D eigenvalue weighted by atomic mass is 10.2. The van der Waals surface area contributed by atoms with Gasteiger partial charge in [-0.25, -0.2) is 4.39 Å². The van der Waals surface area contributed by atoms with Crippen LogP contribution in [0.2, 0.25) is 5.02 Å². The molecule has 0 saturated carbocycles. The Bertz CT molecular complexity index is 777. The molecule has 0 spiro atoms. The van der Waals surface area contributed by atoms with Crippen molar-refractivity contribution in [3.8, 4) is 17.1 Å². The maximum absolute atomic E-state index is 13.2. The fourth-order valence-electron chi connectivity index (χ4n) is 1.88. The van der Waals surface area contributed by atoms with Gasteiger partial charge in [-0.05, 0) is 29.5 Å². The Morgan fingerprint density at radius 1 is 1.14 bits per heavy atom. The van der Waals surface area contributed by atoms with Crippen LogP contribution in [0.25, 0.3) is 11.4 Å². The first kappa shape index (κ1) is 14.5. The van der Waals surface area contributed by atoms with Crippen LogP contribution >= 0.6 is 11.6 Å². The third-order valence-electron chi connectivity index (χ3n) is 2.92. The zero-order valence-corrected chi connectivity index (χ0v) is 12.2. The van der Waals surface area contributed by atoms with Gasteiger partial charge in [0.15, 0.2) is 0 Å². The second-order valence-electron chi connectivity index (χ2n) is 4.50. The predicted molar refractivity (Wildman–Crippen MR) is 80.2 cm³/mol. The van der Waals surface area contributed by atoms with Crippen molar-refractivity contribution in [3.63, 3.8) is 0 Å². The molecule has 3 aromatic rings. The lowest BCUT2D eigenvalue weighted by molar-refractivity contribution is 0.280. The average Bonchev–Trinajstić information content (AvgIpc) is 2.98. The van der Waals surface area contributed by atoms with E-state index >= 15 is 0 Å². The highest BCUT2D eigenvalue weighted by molar-refractivity contribution is 6.32. The van der Waals surface area contributed by atoms with Gasteiger partial charge in [-0.1, -0.05) is 35.9 Å². The monoisotopic (exact) mass is 318 g/mol. The van der Waals surface area contributed by atoms with Gasteiger partial charge in [0.05, 0.1) is 11.6 Å². The zero-order chi connectivity index (χ0) is 15.4. The number of halogens is 2. The first-order valence-corrected chi connectivity index (χ1v) is 7.01. The molecule has 0 amide bonds. The average molecular weight is 319 g/mol. The van der Waals surface area contributed by atoms with Gasteiger partial charge in [0.25, 0.3) is 0 Å². The maximum Gasteiger partial charge on any atom is 0.205 e. The van der Waals surface area contributed by atoms with Gasteiger partial charge in [0, 0.05) is 5.56 Å². The summed E-state index contributed by atoms with van der Waals surface area (Å²) in [6.45, 7) is 0.760. The predicted octanol–water partition coefficient (Wildman–Crippen LogP) is 3.21. The second kappa shape index (κ2) is 6.53. The number of rotatable bonds is 5. The number of nitrogens with zero attached hydrogens (tertiary/aromatic N) is 4. The number of tetrazole rings is 1. The Kier molecular flexibility index (Phi) is 4.29. The van der Waals surface area contributed by atoms with Crippen LogP contribution in [-0.4, -0.2) is 26.8 Å². The highest BCUT2D eigenvalue weighted by Crippen LogP contribution is 2.22. The fraction of sp³-hybridized carbons (Fsp3) is 0.133. The van der Waals surface area contributed by atoms with Crippen molar-refractivity contribution in [3.05, 3.63) is 59.4 Å². The second-order valence-corrected chi connectivity index (χ2v) is 4.91. The van der Waals surface area contributed by atoms with Gasteiger partial charge >= 0.3 is 0 Å². The maximum atomic E-state index is 13.2. The molecule has 22 heavy (non-hydrogen) atoms. The minimum absolute atomic E-state index is 0.337. The summed E-state index contributed by atoms with van der Waals surface area (Å²) in [6, 6.07) is 13.3. The Hall–Kier alpha value is -2.47. The van der Waals surface area contributed by atoms with Gasteiger partial charge in [-0.2, -0.15) is 4.80 Å². The number of benzene rings is 2. The zero-order valence-electron chi connectivity index (χ0n) is 11.5. The molecule has 1 heterocycles. The van der Waals surface area contributed by atoms with Crippen molar-refractivity contribution in [1.82, 2.24) is 20.2 Å². The molecule has 0 fully saturated rings. The molecule has 7 heteroatoms. The summed E-state index contributed by atoms with van der Waals surface area (Å²) in [6.07, 6.45) is 0. The molecule has 0 N–H and O–H groups in total. The molecule has 0 aliphatic carbocycles. The van der Waals surface area contributed by atoms with E-state index in [1.807, 2.05) is 12.1 Å². The van der Waals surface area contributed by atoms with Crippen molar-refractivity contribution >= 4 is 11.6 Å². The van der Waals surface area contributed by atoms with Crippen molar-refractivity contribution in [2.75, 3.05) is 6.61 Å². The normalized spacial score (nSPS) is 10.6. The number of hydrogen-bond acceptors (Lipinski definition) is 4. The number of ether oxygens (including phenoxy) is 1. The molecule has 0 unspecified atom stereocenters. The summed E-state index contributed by atoms with van der Waals surface area (Å²) < 4.78 is 18.7. The summed E-state index contributed by atoms with van der Waals surface area (Å²) in [4.78, 5) is 1.40. The van der Waals surface area contributed by atoms with Crippen LogP contribution in [0.5, 0.6) is 5.75 Å². The molecular weight excluding hydrogens is 307 g/mol. The van der Waals surface area contributed by atoms with E-state index in [0.29, 0.717) is 35.3 Å². The van der Waals surface area contributed by atoms with Crippen LogP contribution in [-0.2, 0) is 6.54 Å². The van der Waals surface area contributed by atoms with E-state index in [2.05, 4.69) is 15.4 Å². The summed E-state index contributed by atoms with van der Waals surface area (Å²) in [5.74, 6) is 0.641. The number of para-hydroxylation sites is 1. The minimum Gasteiger partial charge on any atom is -0.490 e. The molecule has 112 valence electrons. The topological polar surface area (TPSA) is 52.8 Å². The van der Waals surface area contributed by atoms with Gasteiger partial charge < -0.3 is 4.74 Å². The van der Waals surface area contributed by atoms with Gasteiger partial charge in [-0.3, -0.25) is 0 Å². The summed E-state index contributed by atoms with van der Waals surface area (Å²) in [5, 5.41) is 12.6. The molecular formula is C15H12ClFN4O. The highest BCUT2D eigenvalue weighted by atomic mass is 35.5. The van der Waals surface area contributed by atoms with Crippen LogP contribution in [0.15, 0.2) is 48.5 Å². The Balaban J connectivity index is 1.62. The van der Waals surface area contributed by atoms with E-state index in [1.165, 1.54) is 16.9 Å². The third-order valence-corrected chi connectivity index (χ3v) is 3.23. The van der Waals surface area contributed by atoms with Crippen LogP contribution < -0.4 is 4.74 Å². The molecule has 0 atom stereocenters. The van der Waals surface area contributed by atoms with Crippen molar-refractivity contribution in [2.24, 2.45) is 0 Å². The van der Waals surface area contributed by atoms with E-state index in [0.717, 1.165) is 0 Å². The standard InChI is InChI=1S/C15H12ClFN4O/c16-13-6-1-2-7-14(13)22-9-8-21-19-15(18-20-21)11-4-3-5-12(17)10-11/h1-7,10H,8-9H2. The quantitative estimate of drug-likeness (QED) is 0.725. The number of aromatic nitrogens is 4. The van der Waals surface area contributed by atoms with Crippen molar-refractivity contribution in [2.45, 2.75) is 6.54 Å². The van der Waals surface area contributed by atoms with E-state index in [9.17, 15) is 4.39 Å². The molecule has 0 bridgehead atoms. The molecule has 0 saturated heterocycles. The highest BCUT2D eigenvalue weighted by Gasteiger charge is 2.07.